The van der Waals surface area contributed by atoms with Crippen LogP contribution >= 0.6 is 0 Å². The molecule has 0 saturated heterocycles. The molecule has 1 aromatic heterocycles. The summed E-state index contributed by atoms with van der Waals surface area (Å²) in [5.41, 5.74) is 3.46. The molecule has 2 aromatic rings. The molecule has 0 aliphatic rings. The summed E-state index contributed by atoms with van der Waals surface area (Å²) in [6, 6.07) is 9.70. The number of nitrogens with two attached hydrogens (primary N) is 1. The molecule has 0 unspecified atom stereocenters. The van der Waals surface area contributed by atoms with E-state index in [1.54, 1.807) is 0 Å². The average Bonchev–Trinajstić information content (AvgIpc) is 2.47. The predicted octanol–water partition coefficient (Wildman–Crippen LogP) is 1.87. The Morgan fingerprint density at radius 3 is 2.50 bits per heavy atom. The van der Waals surface area contributed by atoms with Crippen LogP contribution in [0.2, 0.25) is 0 Å². The van der Waals surface area contributed by atoms with E-state index in [1.165, 1.54) is 0 Å². The number of hydrogen-bond acceptors (Lipinski definition) is 6. The minimum absolute atomic E-state index is 0.553. The van der Waals surface area contributed by atoms with Crippen LogP contribution in [0.15, 0.2) is 30.3 Å². The van der Waals surface area contributed by atoms with E-state index in [9.17, 15) is 0 Å². The van der Waals surface area contributed by atoms with E-state index in [-0.39, 0.29) is 0 Å². The van der Waals surface area contributed by atoms with E-state index in [4.69, 9.17) is 10.6 Å². The van der Waals surface area contributed by atoms with Crippen molar-refractivity contribution in [1.82, 2.24) is 9.97 Å². The number of para-hydroxylation sites is 1. The molecule has 106 valence electrons. The van der Waals surface area contributed by atoms with Crippen LogP contribution in [0, 0.1) is 13.8 Å². The van der Waals surface area contributed by atoms with Gasteiger partial charge in [0.2, 0.25) is 0 Å². The number of aryl methyl sites for hydroxylation is 1. The first-order chi connectivity index (χ1) is 9.70. The second kappa shape index (κ2) is 6.72. The lowest BCUT2D eigenvalue weighted by atomic mass is 10.3. The van der Waals surface area contributed by atoms with Gasteiger partial charge in [0.05, 0.1) is 6.54 Å². The van der Waals surface area contributed by atoms with Gasteiger partial charge in [0.1, 0.15) is 29.8 Å². The van der Waals surface area contributed by atoms with Gasteiger partial charge < -0.3 is 15.5 Å². The Morgan fingerprint density at radius 2 is 1.80 bits per heavy atom. The van der Waals surface area contributed by atoms with Crippen LogP contribution in [0.3, 0.4) is 0 Å². The highest BCUT2D eigenvalue weighted by molar-refractivity contribution is 5.56. The third-order valence-corrected chi connectivity index (χ3v) is 2.80. The minimum Gasteiger partial charge on any atom is -0.492 e. The highest BCUT2D eigenvalue weighted by Gasteiger charge is 2.07. The average molecular weight is 273 g/mol. The van der Waals surface area contributed by atoms with Gasteiger partial charge in [0.15, 0.2) is 0 Å². The maximum atomic E-state index is 5.61. The summed E-state index contributed by atoms with van der Waals surface area (Å²) in [7, 11) is 0. The summed E-state index contributed by atoms with van der Waals surface area (Å²) in [6.45, 7) is 4.94. The van der Waals surface area contributed by atoms with Gasteiger partial charge >= 0.3 is 0 Å². The quantitative estimate of drug-likeness (QED) is 0.423. The third-order valence-electron chi connectivity index (χ3n) is 2.80. The van der Waals surface area contributed by atoms with Crippen LogP contribution in [0.25, 0.3) is 0 Å². The van der Waals surface area contributed by atoms with Crippen molar-refractivity contribution < 1.29 is 4.74 Å². The van der Waals surface area contributed by atoms with Gasteiger partial charge in [0.25, 0.3) is 0 Å². The first kappa shape index (κ1) is 14.1. The van der Waals surface area contributed by atoms with Crippen molar-refractivity contribution in [2.24, 2.45) is 5.84 Å². The molecular weight excluding hydrogens is 254 g/mol. The molecule has 0 radical (unpaired) electrons. The van der Waals surface area contributed by atoms with Gasteiger partial charge in [-0.3, -0.25) is 0 Å². The molecule has 0 atom stereocenters. The number of anilines is 2. The molecule has 0 spiro atoms. The molecular formula is C14H19N5O. The monoisotopic (exact) mass is 273 g/mol. The summed E-state index contributed by atoms with van der Waals surface area (Å²) < 4.78 is 5.61. The molecule has 0 saturated carbocycles. The number of nitrogens with zero attached hydrogens (tertiary/aromatic N) is 2. The molecule has 2 rings (SSSR count). The second-order valence-electron chi connectivity index (χ2n) is 4.33. The SMILES string of the molecule is Cc1nc(NN)c(C)c(NCCOc2ccccc2)n1. The topological polar surface area (TPSA) is 85.1 Å². The molecule has 0 fully saturated rings. The highest BCUT2D eigenvalue weighted by Crippen LogP contribution is 2.18. The van der Waals surface area contributed by atoms with Crippen LogP contribution in [0.1, 0.15) is 11.4 Å². The van der Waals surface area contributed by atoms with Crippen LogP contribution in [-0.4, -0.2) is 23.1 Å². The van der Waals surface area contributed by atoms with E-state index in [1.807, 2.05) is 44.2 Å². The van der Waals surface area contributed by atoms with Gasteiger partial charge in [-0.1, -0.05) is 18.2 Å². The van der Waals surface area contributed by atoms with E-state index < -0.39 is 0 Å². The van der Waals surface area contributed by atoms with Crippen molar-refractivity contribution in [3.05, 3.63) is 41.7 Å². The van der Waals surface area contributed by atoms with Crippen molar-refractivity contribution in [2.75, 3.05) is 23.9 Å². The van der Waals surface area contributed by atoms with E-state index in [0.717, 1.165) is 17.1 Å². The maximum Gasteiger partial charge on any atom is 0.148 e. The number of rotatable bonds is 6. The Morgan fingerprint density at radius 1 is 1.10 bits per heavy atom. The summed E-state index contributed by atoms with van der Waals surface area (Å²) in [4.78, 5) is 8.56. The van der Waals surface area contributed by atoms with Gasteiger partial charge in [0, 0.05) is 5.56 Å². The molecule has 1 aromatic carbocycles. The summed E-state index contributed by atoms with van der Waals surface area (Å²) in [6.07, 6.45) is 0. The summed E-state index contributed by atoms with van der Waals surface area (Å²) in [5.74, 6) is 8.34. The van der Waals surface area contributed by atoms with Crippen molar-refractivity contribution in [3.63, 3.8) is 0 Å². The van der Waals surface area contributed by atoms with Crippen molar-refractivity contribution in [3.8, 4) is 5.75 Å². The zero-order chi connectivity index (χ0) is 14.4. The first-order valence-corrected chi connectivity index (χ1v) is 6.44. The first-order valence-electron chi connectivity index (χ1n) is 6.44. The molecule has 1 heterocycles. The molecule has 0 aliphatic heterocycles. The fourth-order valence-corrected chi connectivity index (χ4v) is 1.80. The number of ether oxygens (including phenoxy) is 1. The maximum absolute atomic E-state index is 5.61. The lowest BCUT2D eigenvalue weighted by Crippen LogP contribution is -2.17. The van der Waals surface area contributed by atoms with Crippen molar-refractivity contribution in [1.29, 1.82) is 0 Å². The predicted molar refractivity (Wildman–Crippen MR) is 79.7 cm³/mol. The van der Waals surface area contributed by atoms with Crippen molar-refractivity contribution >= 4 is 11.6 Å². The Hall–Kier alpha value is -2.34. The number of aromatic nitrogens is 2. The second-order valence-corrected chi connectivity index (χ2v) is 4.33. The number of benzene rings is 1. The normalized spacial score (nSPS) is 10.2. The largest absolute Gasteiger partial charge is 0.492 e. The van der Waals surface area contributed by atoms with E-state index in [2.05, 4.69) is 20.7 Å². The Kier molecular flexibility index (Phi) is 4.73. The number of hydrogen-bond donors (Lipinski definition) is 3. The molecule has 6 nitrogen and oxygen atoms in total. The van der Waals surface area contributed by atoms with Gasteiger partial charge in [-0.25, -0.2) is 15.8 Å². The minimum atomic E-state index is 0.553. The van der Waals surface area contributed by atoms with Gasteiger partial charge in [-0.15, -0.1) is 0 Å². The van der Waals surface area contributed by atoms with Crippen LogP contribution in [0.5, 0.6) is 5.75 Å². The van der Waals surface area contributed by atoms with Crippen LogP contribution in [0.4, 0.5) is 11.6 Å². The van der Waals surface area contributed by atoms with Crippen molar-refractivity contribution in [2.45, 2.75) is 13.8 Å². The Balaban J connectivity index is 1.90. The smallest absolute Gasteiger partial charge is 0.148 e. The molecule has 6 heteroatoms. The zero-order valence-corrected chi connectivity index (χ0v) is 11.7. The van der Waals surface area contributed by atoms with E-state index in [0.29, 0.717) is 24.8 Å². The lowest BCUT2D eigenvalue weighted by molar-refractivity contribution is 0.332. The molecule has 4 N–H and O–H groups in total. The van der Waals surface area contributed by atoms with Crippen LogP contribution < -0.4 is 21.3 Å². The molecule has 0 bridgehead atoms. The molecule has 20 heavy (non-hydrogen) atoms. The zero-order valence-electron chi connectivity index (χ0n) is 11.7. The summed E-state index contributed by atoms with van der Waals surface area (Å²) >= 11 is 0. The number of nitrogens with one attached hydrogen (secondary N) is 2. The van der Waals surface area contributed by atoms with Crippen LogP contribution in [-0.2, 0) is 0 Å². The fraction of sp³-hybridized carbons (Fsp3) is 0.286. The lowest BCUT2D eigenvalue weighted by Gasteiger charge is -2.12. The molecule has 0 amide bonds. The Labute approximate surface area is 118 Å². The standard InChI is InChI=1S/C14H19N5O/c1-10-13(17-11(2)18-14(10)19-15)16-8-9-20-12-6-4-3-5-7-12/h3-7H,8-9,15H2,1-2H3,(H2,16,17,18,19). The van der Waals surface area contributed by atoms with Gasteiger partial charge in [-0.05, 0) is 26.0 Å². The Bertz CT molecular complexity index is 559. The molecule has 0 aliphatic carbocycles. The van der Waals surface area contributed by atoms with E-state index >= 15 is 0 Å². The summed E-state index contributed by atoms with van der Waals surface area (Å²) in [5, 5.41) is 3.23. The number of hydrazine groups is 1. The third kappa shape index (κ3) is 3.58. The number of nitrogen functional groups attached to an aromatic ring is 1. The highest BCUT2D eigenvalue weighted by atomic mass is 16.5. The van der Waals surface area contributed by atoms with Gasteiger partial charge in [-0.2, -0.15) is 0 Å². The fourth-order valence-electron chi connectivity index (χ4n) is 1.80.